The van der Waals surface area contributed by atoms with E-state index in [1.54, 1.807) is 10.6 Å². The van der Waals surface area contributed by atoms with E-state index in [2.05, 4.69) is 9.72 Å². The molecule has 0 bridgehead atoms. The molecule has 1 aromatic heterocycles. The van der Waals surface area contributed by atoms with Gasteiger partial charge in [0.15, 0.2) is 0 Å². The van der Waals surface area contributed by atoms with Crippen LogP contribution < -0.4 is 21.9 Å². The van der Waals surface area contributed by atoms with Gasteiger partial charge in [-0.25, -0.2) is 9.78 Å². The Morgan fingerprint density at radius 1 is 1.32 bits per heavy atom. The number of carbonyl (C=O) groups is 2. The highest BCUT2D eigenvalue weighted by Gasteiger charge is 2.16. The lowest BCUT2D eigenvalue weighted by molar-refractivity contribution is 0.1000. The number of rotatable bonds is 6. The third-order valence-electron chi connectivity index (χ3n) is 3.11. The van der Waals surface area contributed by atoms with E-state index < -0.39 is 12.0 Å². The maximum atomic E-state index is 11.3. The predicted octanol–water partition coefficient (Wildman–Crippen LogP) is 0.211. The molecule has 0 aliphatic carbocycles. The number of nitrogen functional groups attached to an aromatic ring is 1. The van der Waals surface area contributed by atoms with Crippen LogP contribution in [0.3, 0.4) is 0 Å². The SMILES string of the molecule is COc1cc(C(N)=O)cc2nc(N)n(CCCOC(N)=O)c12. The van der Waals surface area contributed by atoms with Crippen molar-refractivity contribution in [3.8, 4) is 5.75 Å². The fourth-order valence-corrected chi connectivity index (χ4v) is 2.17. The second kappa shape index (κ2) is 6.20. The van der Waals surface area contributed by atoms with Crippen LogP contribution in [0, 0.1) is 0 Å². The molecule has 9 nitrogen and oxygen atoms in total. The number of carbonyl (C=O) groups excluding carboxylic acids is 2. The summed E-state index contributed by atoms with van der Waals surface area (Å²) >= 11 is 0. The summed E-state index contributed by atoms with van der Waals surface area (Å²) in [5.74, 6) is 0.114. The number of methoxy groups -OCH3 is 1. The van der Waals surface area contributed by atoms with Crippen LogP contribution in [0.5, 0.6) is 5.75 Å². The number of benzene rings is 1. The van der Waals surface area contributed by atoms with Gasteiger partial charge in [-0.2, -0.15) is 0 Å². The average molecular weight is 307 g/mol. The minimum Gasteiger partial charge on any atom is -0.494 e. The Kier molecular flexibility index (Phi) is 4.35. The van der Waals surface area contributed by atoms with Crippen molar-refractivity contribution in [3.63, 3.8) is 0 Å². The minimum atomic E-state index is -0.827. The van der Waals surface area contributed by atoms with Crippen LogP contribution in [-0.2, 0) is 11.3 Å². The molecule has 0 aliphatic heterocycles. The summed E-state index contributed by atoms with van der Waals surface area (Å²) in [4.78, 5) is 26.1. The van der Waals surface area contributed by atoms with Crippen LogP contribution in [0.1, 0.15) is 16.8 Å². The van der Waals surface area contributed by atoms with Gasteiger partial charge in [0.05, 0.1) is 19.2 Å². The van der Waals surface area contributed by atoms with Crippen LogP contribution in [0.25, 0.3) is 11.0 Å². The Morgan fingerprint density at radius 2 is 2.05 bits per heavy atom. The van der Waals surface area contributed by atoms with Gasteiger partial charge in [-0.15, -0.1) is 0 Å². The van der Waals surface area contributed by atoms with Gasteiger partial charge in [0.25, 0.3) is 0 Å². The highest BCUT2D eigenvalue weighted by Crippen LogP contribution is 2.29. The molecular weight excluding hydrogens is 290 g/mol. The molecule has 2 rings (SSSR count). The normalized spacial score (nSPS) is 10.6. The van der Waals surface area contributed by atoms with Crippen molar-refractivity contribution < 1.29 is 19.1 Å². The first-order valence-electron chi connectivity index (χ1n) is 6.49. The minimum absolute atomic E-state index is 0.163. The summed E-state index contributed by atoms with van der Waals surface area (Å²) in [5, 5.41) is 0. The maximum absolute atomic E-state index is 11.3. The average Bonchev–Trinajstić information content (AvgIpc) is 2.78. The van der Waals surface area contributed by atoms with Gasteiger partial charge in [-0.1, -0.05) is 0 Å². The number of nitrogens with two attached hydrogens (primary N) is 3. The van der Waals surface area contributed by atoms with Crippen molar-refractivity contribution in [1.82, 2.24) is 9.55 Å². The molecule has 1 aromatic carbocycles. The zero-order valence-corrected chi connectivity index (χ0v) is 12.0. The highest BCUT2D eigenvalue weighted by molar-refractivity contribution is 5.98. The molecule has 6 N–H and O–H groups in total. The molecule has 0 saturated carbocycles. The number of nitrogens with zero attached hydrogens (tertiary/aromatic N) is 2. The van der Waals surface area contributed by atoms with Gasteiger partial charge < -0.3 is 31.2 Å². The maximum Gasteiger partial charge on any atom is 0.404 e. The first-order chi connectivity index (χ1) is 10.4. The quantitative estimate of drug-likeness (QED) is 0.649. The number of ether oxygens (including phenoxy) is 2. The van der Waals surface area contributed by atoms with Crippen molar-refractivity contribution in [2.75, 3.05) is 19.5 Å². The fraction of sp³-hybridized carbons (Fsp3) is 0.308. The van der Waals surface area contributed by atoms with Gasteiger partial charge in [0.1, 0.15) is 11.3 Å². The molecule has 0 radical (unpaired) electrons. The van der Waals surface area contributed by atoms with Crippen LogP contribution in [-0.4, -0.2) is 35.3 Å². The van der Waals surface area contributed by atoms with E-state index in [0.717, 1.165) is 0 Å². The summed E-state index contributed by atoms with van der Waals surface area (Å²) in [6.07, 6.45) is -0.327. The first-order valence-corrected chi connectivity index (χ1v) is 6.49. The lowest BCUT2D eigenvalue weighted by atomic mass is 10.1. The number of primary amides is 2. The van der Waals surface area contributed by atoms with Crippen LogP contribution in [0.15, 0.2) is 12.1 Å². The smallest absolute Gasteiger partial charge is 0.404 e. The lowest BCUT2D eigenvalue weighted by Crippen LogP contribution is -2.15. The van der Waals surface area contributed by atoms with Gasteiger partial charge in [-0.05, 0) is 18.6 Å². The zero-order valence-electron chi connectivity index (χ0n) is 12.0. The summed E-state index contributed by atoms with van der Waals surface area (Å²) < 4.78 is 11.7. The van der Waals surface area contributed by atoms with Crippen LogP contribution in [0.2, 0.25) is 0 Å². The topological polar surface area (TPSA) is 148 Å². The van der Waals surface area contributed by atoms with Crippen molar-refractivity contribution in [2.24, 2.45) is 11.5 Å². The van der Waals surface area contributed by atoms with E-state index in [9.17, 15) is 9.59 Å². The second-order valence-corrected chi connectivity index (χ2v) is 4.55. The molecule has 118 valence electrons. The number of fused-ring (bicyclic) bond motifs is 1. The third kappa shape index (κ3) is 3.03. The molecule has 1 heterocycles. The number of anilines is 1. The number of hydrogen-bond acceptors (Lipinski definition) is 6. The monoisotopic (exact) mass is 307 g/mol. The predicted molar refractivity (Wildman–Crippen MR) is 79.4 cm³/mol. The van der Waals surface area contributed by atoms with Gasteiger partial charge >= 0.3 is 6.09 Å². The molecule has 0 aliphatic rings. The fourth-order valence-electron chi connectivity index (χ4n) is 2.17. The molecule has 9 heteroatoms. The molecule has 0 atom stereocenters. The van der Waals surface area contributed by atoms with E-state index >= 15 is 0 Å². The Hall–Kier alpha value is -2.97. The Morgan fingerprint density at radius 3 is 2.64 bits per heavy atom. The van der Waals surface area contributed by atoms with Crippen LogP contribution >= 0.6 is 0 Å². The second-order valence-electron chi connectivity index (χ2n) is 4.55. The van der Waals surface area contributed by atoms with Crippen LogP contribution in [0.4, 0.5) is 10.7 Å². The number of aryl methyl sites for hydroxylation is 1. The van der Waals surface area contributed by atoms with Gasteiger partial charge in [0, 0.05) is 12.1 Å². The number of aromatic nitrogens is 2. The van der Waals surface area contributed by atoms with Crippen molar-refractivity contribution in [2.45, 2.75) is 13.0 Å². The third-order valence-corrected chi connectivity index (χ3v) is 3.11. The summed E-state index contributed by atoms with van der Waals surface area (Å²) in [6, 6.07) is 3.08. The Labute approximate surface area is 126 Å². The molecule has 22 heavy (non-hydrogen) atoms. The lowest BCUT2D eigenvalue weighted by Gasteiger charge is -2.10. The summed E-state index contributed by atoms with van der Waals surface area (Å²) in [7, 11) is 1.48. The first kappa shape index (κ1) is 15.4. The van der Waals surface area contributed by atoms with E-state index in [4.69, 9.17) is 21.9 Å². The Balaban J connectivity index is 2.36. The largest absolute Gasteiger partial charge is 0.494 e. The molecule has 0 fully saturated rings. The van der Waals surface area contributed by atoms with E-state index in [0.29, 0.717) is 29.7 Å². The number of hydrogen-bond donors (Lipinski definition) is 3. The summed E-state index contributed by atoms with van der Waals surface area (Å²) in [6.45, 7) is 0.609. The molecular formula is C13H17N5O4. The van der Waals surface area contributed by atoms with E-state index in [-0.39, 0.29) is 18.1 Å². The summed E-state index contributed by atoms with van der Waals surface area (Å²) in [5.41, 5.74) is 17.5. The van der Waals surface area contributed by atoms with Crippen molar-refractivity contribution >= 4 is 29.0 Å². The molecule has 0 saturated heterocycles. The van der Waals surface area contributed by atoms with E-state index in [1.165, 1.54) is 13.2 Å². The highest BCUT2D eigenvalue weighted by atomic mass is 16.5. The zero-order chi connectivity index (χ0) is 16.3. The van der Waals surface area contributed by atoms with Crippen molar-refractivity contribution in [3.05, 3.63) is 17.7 Å². The standard InChI is InChI=1S/C13H17N5O4/c1-21-9-6-7(11(14)19)5-8-10(9)18(12(15)17-8)3-2-4-22-13(16)20/h5-6H,2-4H2,1H3,(H2,14,19)(H2,15,17)(H2,16,20). The molecule has 2 aromatic rings. The Bertz CT molecular complexity index is 725. The molecule has 2 amide bonds. The molecule has 0 spiro atoms. The number of amides is 2. The number of imidazole rings is 1. The van der Waals surface area contributed by atoms with Crippen molar-refractivity contribution in [1.29, 1.82) is 0 Å². The van der Waals surface area contributed by atoms with Gasteiger partial charge in [0.2, 0.25) is 11.9 Å². The van der Waals surface area contributed by atoms with E-state index in [1.807, 2.05) is 0 Å². The van der Waals surface area contributed by atoms with Gasteiger partial charge in [-0.3, -0.25) is 4.79 Å². The molecule has 0 unspecified atom stereocenters.